The van der Waals surface area contributed by atoms with Crippen molar-refractivity contribution in [1.82, 2.24) is 15.0 Å². The Labute approximate surface area is 153 Å². The first-order valence-corrected chi connectivity index (χ1v) is 8.74. The number of methoxy groups -OCH3 is 1. The Morgan fingerprint density at radius 3 is 2.69 bits per heavy atom. The summed E-state index contributed by atoms with van der Waals surface area (Å²) in [7, 11) is 5.74. The van der Waals surface area contributed by atoms with Crippen LogP contribution in [-0.4, -0.2) is 49.4 Å². The van der Waals surface area contributed by atoms with E-state index >= 15 is 0 Å². The molecule has 0 saturated carbocycles. The fourth-order valence-corrected chi connectivity index (χ4v) is 3.01. The van der Waals surface area contributed by atoms with Gasteiger partial charge in [0.2, 0.25) is 0 Å². The van der Waals surface area contributed by atoms with Gasteiger partial charge in [0, 0.05) is 25.6 Å². The molecule has 3 heterocycles. The molecule has 7 heteroatoms. The smallest absolute Gasteiger partial charge is 0.176 e. The predicted octanol–water partition coefficient (Wildman–Crippen LogP) is 3.61. The SMILES string of the molecule is COCCCNc1nc(-c2c(C)noc2C)cc2cc(CN(C)C)oc12. The molecule has 140 valence electrons. The number of pyridine rings is 1. The lowest BCUT2D eigenvalue weighted by Gasteiger charge is -2.09. The van der Waals surface area contributed by atoms with Gasteiger partial charge in [0.1, 0.15) is 11.5 Å². The Balaban J connectivity index is 2.03. The predicted molar refractivity (Wildman–Crippen MR) is 101 cm³/mol. The number of nitrogens with zero attached hydrogens (tertiary/aromatic N) is 3. The minimum atomic E-state index is 0.698. The van der Waals surface area contributed by atoms with Crippen LogP contribution < -0.4 is 5.32 Å². The maximum atomic E-state index is 6.06. The van der Waals surface area contributed by atoms with Crippen molar-refractivity contribution >= 4 is 16.8 Å². The first-order chi connectivity index (χ1) is 12.5. The molecule has 0 aliphatic carbocycles. The summed E-state index contributed by atoms with van der Waals surface area (Å²) in [4.78, 5) is 6.87. The summed E-state index contributed by atoms with van der Waals surface area (Å²) in [6, 6.07) is 4.10. The van der Waals surface area contributed by atoms with Crippen molar-refractivity contribution in [1.29, 1.82) is 0 Å². The molecule has 0 fully saturated rings. The minimum absolute atomic E-state index is 0.698. The molecule has 26 heavy (non-hydrogen) atoms. The number of aryl methyl sites for hydroxylation is 2. The number of hydrogen-bond donors (Lipinski definition) is 1. The molecular formula is C19H26N4O3. The van der Waals surface area contributed by atoms with Crippen LogP contribution in [0.25, 0.3) is 22.2 Å². The van der Waals surface area contributed by atoms with Crippen LogP contribution in [0, 0.1) is 13.8 Å². The van der Waals surface area contributed by atoms with Gasteiger partial charge in [-0.3, -0.25) is 0 Å². The van der Waals surface area contributed by atoms with E-state index in [0.717, 1.165) is 64.8 Å². The number of furan rings is 1. The van der Waals surface area contributed by atoms with Crippen molar-refractivity contribution in [2.24, 2.45) is 0 Å². The minimum Gasteiger partial charge on any atom is -0.456 e. The first-order valence-electron chi connectivity index (χ1n) is 8.74. The van der Waals surface area contributed by atoms with E-state index in [4.69, 9.17) is 18.7 Å². The van der Waals surface area contributed by atoms with Gasteiger partial charge >= 0.3 is 0 Å². The van der Waals surface area contributed by atoms with E-state index in [1.165, 1.54) is 0 Å². The lowest BCUT2D eigenvalue weighted by atomic mass is 10.1. The Kier molecular flexibility index (Phi) is 5.58. The fraction of sp³-hybridized carbons (Fsp3) is 0.474. The van der Waals surface area contributed by atoms with Crippen molar-refractivity contribution in [2.75, 3.05) is 39.7 Å². The van der Waals surface area contributed by atoms with Gasteiger partial charge in [-0.2, -0.15) is 0 Å². The summed E-state index contributed by atoms with van der Waals surface area (Å²) in [6.45, 7) is 6.02. The molecule has 3 aromatic rings. The Hall–Kier alpha value is -2.38. The van der Waals surface area contributed by atoms with Crippen molar-refractivity contribution in [3.8, 4) is 11.3 Å². The molecule has 7 nitrogen and oxygen atoms in total. The zero-order valence-electron chi connectivity index (χ0n) is 16.0. The third-order valence-electron chi connectivity index (χ3n) is 4.13. The topological polar surface area (TPSA) is 76.6 Å². The van der Waals surface area contributed by atoms with E-state index in [1.54, 1.807) is 7.11 Å². The molecular weight excluding hydrogens is 332 g/mol. The van der Waals surface area contributed by atoms with Crippen LogP contribution >= 0.6 is 0 Å². The largest absolute Gasteiger partial charge is 0.456 e. The van der Waals surface area contributed by atoms with E-state index in [-0.39, 0.29) is 0 Å². The second-order valence-electron chi connectivity index (χ2n) is 6.70. The molecule has 0 spiro atoms. The van der Waals surface area contributed by atoms with Gasteiger partial charge in [0.05, 0.1) is 23.5 Å². The molecule has 0 amide bonds. The van der Waals surface area contributed by atoms with Crippen LogP contribution in [0.5, 0.6) is 0 Å². The van der Waals surface area contributed by atoms with Crippen molar-refractivity contribution in [3.63, 3.8) is 0 Å². The summed E-state index contributed by atoms with van der Waals surface area (Å²) >= 11 is 0. The maximum Gasteiger partial charge on any atom is 0.176 e. The normalized spacial score (nSPS) is 11.6. The highest BCUT2D eigenvalue weighted by Crippen LogP contribution is 2.33. The number of rotatable bonds is 8. The van der Waals surface area contributed by atoms with Crippen LogP contribution in [-0.2, 0) is 11.3 Å². The van der Waals surface area contributed by atoms with Crippen molar-refractivity contribution in [3.05, 3.63) is 29.3 Å². The molecule has 0 aliphatic rings. The Bertz CT molecular complexity index is 863. The lowest BCUT2D eigenvalue weighted by Crippen LogP contribution is -2.09. The van der Waals surface area contributed by atoms with Crippen LogP contribution in [0.15, 0.2) is 21.1 Å². The average Bonchev–Trinajstić information content (AvgIpc) is 3.13. The van der Waals surface area contributed by atoms with E-state index in [0.29, 0.717) is 6.61 Å². The molecule has 3 aromatic heterocycles. The van der Waals surface area contributed by atoms with Gasteiger partial charge in [-0.15, -0.1) is 0 Å². The maximum absolute atomic E-state index is 6.06. The van der Waals surface area contributed by atoms with E-state index in [1.807, 2.05) is 34.0 Å². The van der Waals surface area contributed by atoms with Gasteiger partial charge < -0.3 is 23.9 Å². The van der Waals surface area contributed by atoms with Crippen molar-refractivity contribution in [2.45, 2.75) is 26.8 Å². The van der Waals surface area contributed by atoms with Crippen LogP contribution in [0.3, 0.4) is 0 Å². The summed E-state index contributed by atoms with van der Waals surface area (Å²) in [5.74, 6) is 2.40. The lowest BCUT2D eigenvalue weighted by molar-refractivity contribution is 0.198. The number of hydrogen-bond acceptors (Lipinski definition) is 7. The molecule has 0 aliphatic heterocycles. The van der Waals surface area contributed by atoms with Gasteiger partial charge in [-0.25, -0.2) is 4.98 Å². The van der Waals surface area contributed by atoms with E-state index < -0.39 is 0 Å². The average molecular weight is 358 g/mol. The van der Waals surface area contributed by atoms with Crippen LogP contribution in [0.4, 0.5) is 5.82 Å². The molecule has 0 unspecified atom stereocenters. The molecule has 0 bridgehead atoms. The van der Waals surface area contributed by atoms with Crippen molar-refractivity contribution < 1.29 is 13.7 Å². The molecule has 1 N–H and O–H groups in total. The summed E-state index contributed by atoms with van der Waals surface area (Å²) in [6.07, 6.45) is 0.889. The molecule has 0 atom stereocenters. The highest BCUT2D eigenvalue weighted by atomic mass is 16.5. The zero-order valence-corrected chi connectivity index (χ0v) is 16.0. The molecule has 0 aromatic carbocycles. The third-order valence-corrected chi connectivity index (χ3v) is 4.13. The summed E-state index contributed by atoms with van der Waals surface area (Å²) in [5, 5.41) is 8.45. The second-order valence-corrected chi connectivity index (χ2v) is 6.70. The standard InChI is InChI=1S/C19H26N4O3/c1-12-17(13(2)26-22-12)16-10-14-9-15(11-23(3)4)25-18(14)19(21-16)20-7-6-8-24-5/h9-10H,6-8,11H2,1-5H3,(H,20,21). The Morgan fingerprint density at radius 1 is 1.23 bits per heavy atom. The van der Waals surface area contributed by atoms with Crippen LogP contribution in [0.2, 0.25) is 0 Å². The summed E-state index contributed by atoms with van der Waals surface area (Å²) in [5.41, 5.74) is 3.37. The number of fused-ring (bicyclic) bond motifs is 1. The van der Waals surface area contributed by atoms with Crippen LogP contribution in [0.1, 0.15) is 23.6 Å². The number of aromatic nitrogens is 2. The summed E-state index contributed by atoms with van der Waals surface area (Å²) < 4.78 is 16.5. The number of nitrogens with one attached hydrogen (secondary N) is 1. The van der Waals surface area contributed by atoms with Gasteiger partial charge in [0.15, 0.2) is 11.4 Å². The number of anilines is 1. The second kappa shape index (κ2) is 7.88. The molecule has 0 radical (unpaired) electrons. The van der Waals surface area contributed by atoms with E-state index in [9.17, 15) is 0 Å². The van der Waals surface area contributed by atoms with E-state index in [2.05, 4.69) is 21.4 Å². The number of ether oxygens (including phenoxy) is 1. The highest BCUT2D eigenvalue weighted by molar-refractivity contribution is 5.91. The van der Waals surface area contributed by atoms with Gasteiger partial charge in [-0.05, 0) is 46.5 Å². The first kappa shape index (κ1) is 18.4. The quantitative estimate of drug-likeness (QED) is 0.616. The Morgan fingerprint density at radius 2 is 2.04 bits per heavy atom. The fourth-order valence-electron chi connectivity index (χ4n) is 3.01. The molecule has 3 rings (SSSR count). The highest BCUT2D eigenvalue weighted by Gasteiger charge is 2.18. The monoisotopic (exact) mass is 358 g/mol. The zero-order chi connectivity index (χ0) is 18.7. The van der Waals surface area contributed by atoms with Gasteiger partial charge in [0.25, 0.3) is 0 Å². The molecule has 0 saturated heterocycles. The third kappa shape index (κ3) is 3.89. The van der Waals surface area contributed by atoms with Gasteiger partial charge in [-0.1, -0.05) is 5.16 Å².